The molecular formula is C18H23NO8. The molecule has 3 atom stereocenters. The summed E-state index contributed by atoms with van der Waals surface area (Å²) >= 11 is 0. The van der Waals surface area contributed by atoms with Crippen LogP contribution < -0.4 is 0 Å². The van der Waals surface area contributed by atoms with Gasteiger partial charge in [0.1, 0.15) is 12.5 Å². The summed E-state index contributed by atoms with van der Waals surface area (Å²) in [6.45, 7) is 1.43. The molecule has 0 aromatic heterocycles. The molecule has 1 aromatic rings. The third-order valence-corrected chi connectivity index (χ3v) is 4.14. The number of ether oxygens (including phenoxy) is 2. The first-order valence-electron chi connectivity index (χ1n) is 8.58. The van der Waals surface area contributed by atoms with Gasteiger partial charge in [-0.15, -0.1) is 0 Å². The number of hydrogen-bond donors (Lipinski definition) is 3. The molecule has 27 heavy (non-hydrogen) atoms. The summed E-state index contributed by atoms with van der Waals surface area (Å²) in [4.78, 5) is 34.8. The number of carboxylic acids is 1. The number of esters is 2. The molecule has 0 radical (unpaired) electrons. The minimum absolute atomic E-state index is 0.144. The molecule has 1 aliphatic heterocycles. The minimum atomic E-state index is -1.15. The number of nitrogens with zero attached hydrogens (tertiary/aromatic N) is 1. The quantitative estimate of drug-likeness (QED) is 0.424. The first-order valence-corrected chi connectivity index (χ1v) is 8.58. The Labute approximate surface area is 156 Å². The highest BCUT2D eigenvalue weighted by Crippen LogP contribution is 2.38. The highest BCUT2D eigenvalue weighted by atomic mass is 16.7. The number of carbonyl (C=O) groups excluding carboxylic acids is 2. The van der Waals surface area contributed by atoms with Gasteiger partial charge in [-0.3, -0.25) is 14.4 Å². The van der Waals surface area contributed by atoms with E-state index in [0.717, 1.165) is 0 Å². The van der Waals surface area contributed by atoms with Crippen molar-refractivity contribution >= 4 is 17.9 Å². The van der Waals surface area contributed by atoms with E-state index in [4.69, 9.17) is 14.6 Å². The summed E-state index contributed by atoms with van der Waals surface area (Å²) in [5.41, 5.74) is 1.25. The minimum Gasteiger partial charge on any atom is -0.481 e. The van der Waals surface area contributed by atoms with E-state index in [0.29, 0.717) is 17.5 Å². The summed E-state index contributed by atoms with van der Waals surface area (Å²) in [7, 11) is 0. The Morgan fingerprint density at radius 3 is 2.19 bits per heavy atom. The molecule has 0 saturated carbocycles. The largest absolute Gasteiger partial charge is 0.481 e. The van der Waals surface area contributed by atoms with E-state index >= 15 is 0 Å². The fraction of sp³-hybridized carbons (Fsp3) is 0.500. The van der Waals surface area contributed by atoms with Gasteiger partial charge in [-0.1, -0.05) is 24.3 Å². The zero-order valence-electron chi connectivity index (χ0n) is 14.9. The SMILES string of the molecule is CC(=O)OC(CCCN1C(O)c2ccccc2C1O)OC(=O)CCC(=O)O. The molecular weight excluding hydrogens is 358 g/mol. The van der Waals surface area contributed by atoms with Crippen molar-refractivity contribution in [1.29, 1.82) is 0 Å². The van der Waals surface area contributed by atoms with Crippen LogP contribution in [0.5, 0.6) is 0 Å². The van der Waals surface area contributed by atoms with Crippen LogP contribution in [-0.4, -0.2) is 51.0 Å². The lowest BCUT2D eigenvalue weighted by molar-refractivity contribution is -0.188. The zero-order valence-corrected chi connectivity index (χ0v) is 14.9. The third-order valence-electron chi connectivity index (χ3n) is 4.14. The topological polar surface area (TPSA) is 134 Å². The second-order valence-electron chi connectivity index (χ2n) is 6.18. The summed E-state index contributed by atoms with van der Waals surface area (Å²) in [5.74, 6) is -2.55. The molecule has 1 heterocycles. The molecule has 0 spiro atoms. The van der Waals surface area contributed by atoms with Crippen LogP contribution in [0.1, 0.15) is 56.2 Å². The number of rotatable bonds is 9. The number of benzene rings is 1. The molecule has 148 valence electrons. The van der Waals surface area contributed by atoms with Gasteiger partial charge in [-0.25, -0.2) is 4.90 Å². The van der Waals surface area contributed by atoms with Crippen molar-refractivity contribution in [2.75, 3.05) is 6.54 Å². The van der Waals surface area contributed by atoms with Gasteiger partial charge in [0.05, 0.1) is 12.8 Å². The molecule has 3 N–H and O–H groups in total. The molecule has 1 aromatic carbocycles. The summed E-state index contributed by atoms with van der Waals surface area (Å²) in [5, 5.41) is 29.2. The fourth-order valence-electron chi connectivity index (χ4n) is 2.90. The van der Waals surface area contributed by atoms with Crippen LogP contribution in [0.25, 0.3) is 0 Å². The maximum Gasteiger partial charge on any atom is 0.309 e. The smallest absolute Gasteiger partial charge is 0.309 e. The highest BCUT2D eigenvalue weighted by molar-refractivity contribution is 5.76. The molecule has 1 aliphatic rings. The molecule has 9 heteroatoms. The first-order chi connectivity index (χ1) is 12.8. The lowest BCUT2D eigenvalue weighted by Gasteiger charge is -2.25. The van der Waals surface area contributed by atoms with Gasteiger partial charge >= 0.3 is 17.9 Å². The average Bonchev–Trinajstić information content (AvgIpc) is 2.84. The van der Waals surface area contributed by atoms with Gasteiger partial charge in [0.15, 0.2) is 0 Å². The number of aliphatic hydroxyl groups excluding tert-OH is 2. The van der Waals surface area contributed by atoms with E-state index in [9.17, 15) is 24.6 Å². The highest BCUT2D eigenvalue weighted by Gasteiger charge is 2.35. The number of hydrogen-bond acceptors (Lipinski definition) is 8. The Bertz CT molecular complexity index is 663. The molecule has 9 nitrogen and oxygen atoms in total. The van der Waals surface area contributed by atoms with Gasteiger partial charge in [0.25, 0.3) is 0 Å². The van der Waals surface area contributed by atoms with Gasteiger partial charge in [0, 0.05) is 31.0 Å². The van der Waals surface area contributed by atoms with Crippen LogP contribution in [0.2, 0.25) is 0 Å². The molecule has 0 bridgehead atoms. The van der Waals surface area contributed by atoms with Gasteiger partial charge in [-0.2, -0.15) is 0 Å². The molecule has 0 fully saturated rings. The van der Waals surface area contributed by atoms with Crippen molar-refractivity contribution in [3.8, 4) is 0 Å². The van der Waals surface area contributed by atoms with Crippen LogP contribution in [0.3, 0.4) is 0 Å². The van der Waals surface area contributed by atoms with Crippen molar-refractivity contribution in [2.45, 2.75) is 51.4 Å². The van der Waals surface area contributed by atoms with Crippen LogP contribution in [0, 0.1) is 0 Å². The Morgan fingerprint density at radius 1 is 1.07 bits per heavy atom. The van der Waals surface area contributed by atoms with Gasteiger partial charge in [0.2, 0.25) is 6.29 Å². The number of carboxylic acid groups (broad SMARTS) is 1. The van der Waals surface area contributed by atoms with Crippen molar-refractivity contribution in [3.05, 3.63) is 35.4 Å². The second-order valence-corrected chi connectivity index (χ2v) is 6.18. The normalized spacial score (nSPS) is 20.0. The molecule has 0 aliphatic carbocycles. The van der Waals surface area contributed by atoms with Crippen LogP contribution >= 0.6 is 0 Å². The van der Waals surface area contributed by atoms with Crippen molar-refractivity contribution in [3.63, 3.8) is 0 Å². The van der Waals surface area contributed by atoms with Crippen molar-refractivity contribution in [2.24, 2.45) is 0 Å². The monoisotopic (exact) mass is 381 g/mol. The Hall–Kier alpha value is -2.49. The molecule has 0 amide bonds. The summed E-state index contributed by atoms with van der Waals surface area (Å²) < 4.78 is 9.94. The maximum absolute atomic E-state index is 11.6. The lowest BCUT2D eigenvalue weighted by atomic mass is 10.1. The third kappa shape index (κ3) is 5.75. The zero-order chi connectivity index (χ0) is 20.0. The predicted molar refractivity (Wildman–Crippen MR) is 90.8 cm³/mol. The van der Waals surface area contributed by atoms with E-state index in [-0.39, 0.29) is 25.8 Å². The number of carbonyl (C=O) groups is 3. The molecule has 2 rings (SSSR count). The fourth-order valence-corrected chi connectivity index (χ4v) is 2.90. The second kappa shape index (κ2) is 9.45. The number of fused-ring (bicyclic) bond motifs is 1. The average molecular weight is 381 g/mol. The standard InChI is InChI=1S/C18H23NO8/c1-11(20)26-16(27-15(23)9-8-14(21)22)7-4-10-19-17(24)12-5-2-3-6-13(12)18(19)25/h2-3,5-6,16-18,24-25H,4,7-10H2,1H3,(H,21,22). The van der Waals surface area contributed by atoms with Gasteiger partial charge < -0.3 is 24.8 Å². The van der Waals surface area contributed by atoms with Crippen molar-refractivity contribution < 1.29 is 39.2 Å². The number of aliphatic carboxylic acids is 1. The van der Waals surface area contributed by atoms with E-state index in [2.05, 4.69) is 0 Å². The van der Waals surface area contributed by atoms with E-state index in [1.165, 1.54) is 11.8 Å². The van der Waals surface area contributed by atoms with E-state index in [1.54, 1.807) is 24.3 Å². The van der Waals surface area contributed by atoms with Crippen LogP contribution in [-0.2, 0) is 23.9 Å². The Morgan fingerprint density at radius 2 is 1.67 bits per heavy atom. The van der Waals surface area contributed by atoms with E-state index < -0.39 is 36.7 Å². The lowest BCUT2D eigenvalue weighted by Crippen LogP contribution is -2.29. The molecule has 3 unspecified atom stereocenters. The van der Waals surface area contributed by atoms with E-state index in [1.807, 2.05) is 0 Å². The van der Waals surface area contributed by atoms with Crippen molar-refractivity contribution in [1.82, 2.24) is 4.90 Å². The van der Waals surface area contributed by atoms with Crippen LogP contribution in [0.15, 0.2) is 24.3 Å². The Kier molecular flexibility index (Phi) is 7.28. The molecule has 0 saturated heterocycles. The summed E-state index contributed by atoms with van der Waals surface area (Å²) in [6.07, 6.45) is -3.27. The Balaban J connectivity index is 1.87. The predicted octanol–water partition coefficient (Wildman–Crippen LogP) is 1.06. The van der Waals surface area contributed by atoms with Gasteiger partial charge in [-0.05, 0) is 6.42 Å². The number of aliphatic hydroxyl groups is 2. The van der Waals surface area contributed by atoms with Crippen LogP contribution in [0.4, 0.5) is 0 Å². The first kappa shape index (κ1) is 20.8. The summed E-state index contributed by atoms with van der Waals surface area (Å²) in [6, 6.07) is 7.00. The maximum atomic E-state index is 11.6.